The number of sulfonamides is 1. The number of carboxylic acids is 1. The first-order valence-corrected chi connectivity index (χ1v) is 7.28. The summed E-state index contributed by atoms with van der Waals surface area (Å²) in [5, 5.41) is 8.76. The van der Waals surface area contributed by atoms with Gasteiger partial charge in [0, 0.05) is 6.54 Å². The highest BCUT2D eigenvalue weighted by atomic mass is 32.2. The quantitative estimate of drug-likeness (QED) is 0.633. The summed E-state index contributed by atoms with van der Waals surface area (Å²) in [6, 6.07) is 4.87. The van der Waals surface area contributed by atoms with Crippen LogP contribution in [0.4, 0.5) is 0 Å². The lowest BCUT2D eigenvalue weighted by molar-refractivity contribution is -0.136. The molecule has 1 aromatic rings. The average molecular weight is 295 g/mol. The summed E-state index contributed by atoms with van der Waals surface area (Å²) in [6.45, 7) is 1.94. The van der Waals surface area contributed by atoms with Gasteiger partial charge in [0.15, 0.2) is 0 Å². The van der Waals surface area contributed by atoms with Crippen LogP contribution in [0.25, 0.3) is 0 Å². The van der Waals surface area contributed by atoms with Gasteiger partial charge in [0.25, 0.3) is 0 Å². The molecule has 0 aliphatic carbocycles. The summed E-state index contributed by atoms with van der Waals surface area (Å²) in [6.07, 6.45) is 0. The van der Waals surface area contributed by atoms with Crippen molar-refractivity contribution in [3.8, 4) is 17.6 Å². The molecule has 6 nitrogen and oxygen atoms in total. The number of aliphatic carboxylic acids is 1. The van der Waals surface area contributed by atoms with Gasteiger partial charge in [0.05, 0.1) is 4.90 Å². The zero-order chi connectivity index (χ0) is 14.8. The van der Waals surface area contributed by atoms with Crippen molar-refractivity contribution in [1.82, 2.24) is 4.31 Å². The normalized spacial score (nSPS) is 20.6. The third kappa shape index (κ3) is 2.92. The van der Waals surface area contributed by atoms with Crippen LogP contribution in [0, 0.1) is 11.8 Å². The van der Waals surface area contributed by atoms with Crippen molar-refractivity contribution in [3.63, 3.8) is 0 Å². The van der Waals surface area contributed by atoms with E-state index in [2.05, 4.69) is 11.8 Å². The van der Waals surface area contributed by atoms with Gasteiger partial charge in [-0.3, -0.25) is 4.79 Å². The Labute approximate surface area is 117 Å². The van der Waals surface area contributed by atoms with E-state index < -0.39 is 22.0 Å². The minimum Gasteiger partial charge on any atom is -0.481 e. The fourth-order valence-electron chi connectivity index (χ4n) is 1.63. The van der Waals surface area contributed by atoms with E-state index >= 15 is 0 Å². The fourth-order valence-corrected chi connectivity index (χ4v) is 3.14. The van der Waals surface area contributed by atoms with Crippen molar-refractivity contribution in [2.75, 3.05) is 13.2 Å². The number of carboxylic acid groups (broad SMARTS) is 1. The summed E-state index contributed by atoms with van der Waals surface area (Å²) >= 11 is 0. The molecular formula is C13H13NO5S. The maximum atomic E-state index is 12.1. The van der Waals surface area contributed by atoms with E-state index in [1.807, 2.05) is 0 Å². The van der Waals surface area contributed by atoms with Crippen LogP contribution in [-0.2, 0) is 14.8 Å². The monoisotopic (exact) mass is 295 g/mol. The van der Waals surface area contributed by atoms with Crippen molar-refractivity contribution in [2.45, 2.75) is 17.9 Å². The Bertz CT molecular complexity index is 669. The second kappa shape index (κ2) is 5.53. The third-order valence-corrected chi connectivity index (χ3v) is 4.66. The van der Waals surface area contributed by atoms with Crippen LogP contribution in [0.15, 0.2) is 29.2 Å². The molecule has 106 valence electrons. The lowest BCUT2D eigenvalue weighted by Gasteiger charge is -2.06. The predicted octanol–water partition coefficient (Wildman–Crippen LogP) is 0.546. The second-order valence-electron chi connectivity index (χ2n) is 4.12. The maximum Gasteiger partial charge on any atom is 0.323 e. The van der Waals surface area contributed by atoms with Crippen LogP contribution in [0.5, 0.6) is 5.75 Å². The van der Waals surface area contributed by atoms with Crippen molar-refractivity contribution >= 4 is 16.0 Å². The van der Waals surface area contributed by atoms with Crippen molar-refractivity contribution in [2.24, 2.45) is 0 Å². The van der Waals surface area contributed by atoms with Gasteiger partial charge in [0.1, 0.15) is 18.4 Å². The first-order chi connectivity index (χ1) is 9.46. The Morgan fingerprint density at radius 1 is 1.45 bits per heavy atom. The van der Waals surface area contributed by atoms with Gasteiger partial charge in [-0.05, 0) is 31.2 Å². The first-order valence-electron chi connectivity index (χ1n) is 5.84. The third-order valence-electron chi connectivity index (χ3n) is 2.77. The molecular weight excluding hydrogens is 282 g/mol. The Hall–Kier alpha value is -2.04. The van der Waals surface area contributed by atoms with Crippen LogP contribution in [0.2, 0.25) is 0 Å². The molecule has 1 aromatic carbocycles. The van der Waals surface area contributed by atoms with Gasteiger partial charge in [-0.25, -0.2) is 8.42 Å². The van der Waals surface area contributed by atoms with E-state index in [0.29, 0.717) is 5.75 Å². The van der Waals surface area contributed by atoms with Gasteiger partial charge in [-0.15, -0.1) is 5.92 Å². The van der Waals surface area contributed by atoms with E-state index in [-0.39, 0.29) is 18.0 Å². The second-order valence-corrected chi connectivity index (χ2v) is 6.01. The van der Waals surface area contributed by atoms with E-state index in [0.717, 1.165) is 4.31 Å². The molecule has 1 N–H and O–H groups in total. The molecule has 1 aliphatic rings. The largest absolute Gasteiger partial charge is 0.481 e. The molecule has 7 heteroatoms. The number of ether oxygens (including phenoxy) is 1. The highest BCUT2D eigenvalue weighted by molar-refractivity contribution is 7.89. The van der Waals surface area contributed by atoms with Crippen molar-refractivity contribution < 1.29 is 23.1 Å². The topological polar surface area (TPSA) is 83.7 Å². The molecule has 1 heterocycles. The zero-order valence-electron chi connectivity index (χ0n) is 10.7. The fraction of sp³-hybridized carbons (Fsp3) is 0.308. The molecule has 1 saturated heterocycles. The Morgan fingerprint density at radius 3 is 2.60 bits per heavy atom. The lowest BCUT2D eigenvalue weighted by Crippen LogP contribution is -2.19. The lowest BCUT2D eigenvalue weighted by atomic mass is 10.3. The molecule has 0 saturated carbocycles. The number of benzene rings is 1. The van der Waals surface area contributed by atoms with Gasteiger partial charge in [-0.1, -0.05) is 5.92 Å². The smallest absolute Gasteiger partial charge is 0.323 e. The molecule has 1 fully saturated rings. The van der Waals surface area contributed by atoms with Crippen molar-refractivity contribution in [3.05, 3.63) is 24.3 Å². The van der Waals surface area contributed by atoms with Crippen LogP contribution < -0.4 is 4.74 Å². The molecule has 20 heavy (non-hydrogen) atoms. The number of rotatable bonds is 5. The number of nitrogens with zero attached hydrogens (tertiary/aromatic N) is 1. The summed E-state index contributed by atoms with van der Waals surface area (Å²) < 4.78 is 30.4. The predicted molar refractivity (Wildman–Crippen MR) is 70.7 cm³/mol. The number of hydrogen-bond donors (Lipinski definition) is 1. The van der Waals surface area contributed by atoms with Crippen LogP contribution in [-0.4, -0.2) is 43.0 Å². The van der Waals surface area contributed by atoms with Crippen molar-refractivity contribution in [1.29, 1.82) is 0 Å². The van der Waals surface area contributed by atoms with E-state index in [9.17, 15) is 13.2 Å². The Balaban J connectivity index is 2.09. The standard InChI is InChI=1S/C13H13NO5S/c1-2-3-8-19-10-4-6-11(7-5-10)20(17,18)14-9-12(14)13(15)16/h4-7,12H,8-9H2,1H3,(H,15,16). The molecule has 0 spiro atoms. The number of hydrogen-bond acceptors (Lipinski definition) is 4. The highest BCUT2D eigenvalue weighted by Crippen LogP contribution is 2.29. The van der Waals surface area contributed by atoms with Crippen LogP contribution in [0.3, 0.4) is 0 Å². The molecule has 0 bridgehead atoms. The molecule has 2 atom stereocenters. The van der Waals surface area contributed by atoms with Gasteiger partial charge >= 0.3 is 5.97 Å². The first kappa shape index (κ1) is 14.4. The minimum absolute atomic E-state index is 0.0159. The minimum atomic E-state index is -3.73. The summed E-state index contributed by atoms with van der Waals surface area (Å²) in [5.74, 6) is 4.78. The summed E-state index contributed by atoms with van der Waals surface area (Å²) in [5.41, 5.74) is 0. The number of carbonyl (C=O) groups is 1. The van der Waals surface area contributed by atoms with Gasteiger partial charge in [0.2, 0.25) is 10.0 Å². The molecule has 0 radical (unpaired) electrons. The SMILES string of the molecule is CC#CCOc1ccc(S(=O)(=O)N2CC2C(=O)O)cc1. The van der Waals surface area contributed by atoms with E-state index in [1.54, 1.807) is 6.92 Å². The highest BCUT2D eigenvalue weighted by Gasteiger charge is 2.49. The molecule has 1 aliphatic heterocycles. The van der Waals surface area contributed by atoms with Crippen LogP contribution >= 0.6 is 0 Å². The molecule has 0 amide bonds. The van der Waals surface area contributed by atoms with Gasteiger partial charge in [-0.2, -0.15) is 4.31 Å². The van der Waals surface area contributed by atoms with Gasteiger partial charge < -0.3 is 9.84 Å². The molecule has 0 aromatic heterocycles. The summed E-state index contributed by atoms with van der Waals surface area (Å²) in [7, 11) is -3.73. The van der Waals surface area contributed by atoms with E-state index in [1.165, 1.54) is 24.3 Å². The maximum absolute atomic E-state index is 12.1. The van der Waals surface area contributed by atoms with Crippen LogP contribution in [0.1, 0.15) is 6.92 Å². The molecule has 2 rings (SSSR count). The Kier molecular flexibility index (Phi) is 3.97. The zero-order valence-corrected chi connectivity index (χ0v) is 11.6. The van der Waals surface area contributed by atoms with E-state index in [4.69, 9.17) is 9.84 Å². The average Bonchev–Trinajstić information content (AvgIpc) is 3.20. The summed E-state index contributed by atoms with van der Waals surface area (Å²) in [4.78, 5) is 10.8. The molecule has 2 unspecified atom stereocenters. The Morgan fingerprint density at radius 2 is 2.10 bits per heavy atom.